The molecule has 8 heteroatoms. The Morgan fingerprint density at radius 2 is 1.97 bits per heavy atom. The van der Waals surface area contributed by atoms with Crippen molar-refractivity contribution < 1.29 is 9.53 Å². The van der Waals surface area contributed by atoms with Gasteiger partial charge in [0.1, 0.15) is 5.56 Å². The smallest absolute Gasteiger partial charge is 0.263 e. The van der Waals surface area contributed by atoms with E-state index in [0.29, 0.717) is 37.1 Å². The van der Waals surface area contributed by atoms with Crippen molar-refractivity contribution in [2.24, 2.45) is 5.92 Å². The molecule has 2 aromatic rings. The number of aromatic nitrogens is 2. The minimum absolute atomic E-state index is 0.0857. The van der Waals surface area contributed by atoms with Gasteiger partial charge in [-0.2, -0.15) is 0 Å². The molecular weight excluding hydrogens is 408 g/mol. The minimum Gasteiger partial charge on any atom is -0.383 e. The molecular formula is C24H32N4O4. The van der Waals surface area contributed by atoms with Gasteiger partial charge in [-0.3, -0.25) is 14.4 Å². The number of methoxy groups -OCH3 is 1. The number of amides is 1. The molecule has 4 heterocycles. The molecule has 0 saturated carbocycles. The Kier molecular flexibility index (Phi) is 6.62. The highest BCUT2D eigenvalue weighted by Gasteiger charge is 2.34. The first-order chi connectivity index (χ1) is 15.4. The molecule has 1 N–H and O–H groups in total. The number of hydrogen-bond acceptors (Lipinski definition) is 5. The highest BCUT2D eigenvalue weighted by atomic mass is 16.5. The SMILES string of the molecule is COCCn1c(C)cc(C)c(C(=O)NCCN2C[C@H]3C[C@@H](C2)c2cccc(=O)n2C3)c1=O. The van der Waals surface area contributed by atoms with Gasteiger partial charge in [-0.1, -0.05) is 6.07 Å². The number of hydrogen-bond donors (Lipinski definition) is 1. The monoisotopic (exact) mass is 440 g/mol. The van der Waals surface area contributed by atoms with Crippen LogP contribution in [0.4, 0.5) is 0 Å². The van der Waals surface area contributed by atoms with Gasteiger partial charge in [0.15, 0.2) is 0 Å². The zero-order valence-electron chi connectivity index (χ0n) is 19.1. The van der Waals surface area contributed by atoms with Gasteiger partial charge in [0.05, 0.1) is 6.61 Å². The van der Waals surface area contributed by atoms with E-state index in [1.165, 1.54) is 0 Å². The van der Waals surface area contributed by atoms with E-state index in [0.717, 1.165) is 44.0 Å². The fourth-order valence-corrected chi connectivity index (χ4v) is 5.26. The predicted octanol–water partition coefficient (Wildman–Crippen LogP) is 1.12. The van der Waals surface area contributed by atoms with E-state index in [1.54, 1.807) is 24.7 Å². The average molecular weight is 441 g/mol. The molecule has 1 fully saturated rings. The number of fused-ring (bicyclic) bond motifs is 4. The quantitative estimate of drug-likeness (QED) is 0.698. The first-order valence-electron chi connectivity index (χ1n) is 11.3. The molecule has 2 aliphatic rings. The van der Waals surface area contributed by atoms with Crippen molar-refractivity contribution in [2.45, 2.75) is 39.3 Å². The van der Waals surface area contributed by atoms with Crippen molar-refractivity contribution >= 4 is 5.91 Å². The Balaban J connectivity index is 1.39. The third kappa shape index (κ3) is 4.42. The number of pyridine rings is 2. The van der Waals surface area contributed by atoms with E-state index in [-0.39, 0.29) is 22.6 Å². The number of nitrogens with zero attached hydrogens (tertiary/aromatic N) is 3. The van der Waals surface area contributed by atoms with Crippen molar-refractivity contribution in [1.82, 2.24) is 19.4 Å². The number of nitrogens with one attached hydrogen (secondary N) is 1. The van der Waals surface area contributed by atoms with Gasteiger partial charge in [0.25, 0.3) is 17.0 Å². The predicted molar refractivity (Wildman–Crippen MR) is 122 cm³/mol. The molecule has 2 aromatic heterocycles. The lowest BCUT2D eigenvalue weighted by Gasteiger charge is -2.42. The maximum atomic E-state index is 12.9. The summed E-state index contributed by atoms with van der Waals surface area (Å²) in [5, 5.41) is 2.94. The van der Waals surface area contributed by atoms with Crippen LogP contribution in [0, 0.1) is 19.8 Å². The number of carbonyl (C=O) groups excluding carboxylic acids is 1. The zero-order chi connectivity index (χ0) is 22.8. The Bertz CT molecular complexity index is 1120. The van der Waals surface area contributed by atoms with Gasteiger partial charge in [-0.05, 0) is 43.9 Å². The molecule has 0 aromatic carbocycles. The van der Waals surface area contributed by atoms with Crippen molar-refractivity contribution in [3.05, 3.63) is 67.5 Å². The largest absolute Gasteiger partial charge is 0.383 e. The molecule has 1 saturated heterocycles. The van der Waals surface area contributed by atoms with Gasteiger partial charge in [-0.15, -0.1) is 0 Å². The van der Waals surface area contributed by atoms with Gasteiger partial charge < -0.3 is 24.1 Å². The summed E-state index contributed by atoms with van der Waals surface area (Å²) in [6.07, 6.45) is 1.11. The molecule has 0 unspecified atom stereocenters. The summed E-state index contributed by atoms with van der Waals surface area (Å²) in [7, 11) is 1.59. The van der Waals surface area contributed by atoms with Gasteiger partial charge >= 0.3 is 0 Å². The molecule has 8 nitrogen and oxygen atoms in total. The van der Waals surface area contributed by atoms with Crippen LogP contribution in [0.2, 0.25) is 0 Å². The number of piperidine rings is 1. The van der Waals surface area contributed by atoms with E-state index in [4.69, 9.17) is 4.74 Å². The summed E-state index contributed by atoms with van der Waals surface area (Å²) in [6, 6.07) is 7.41. The maximum absolute atomic E-state index is 12.9. The lowest BCUT2D eigenvalue weighted by atomic mass is 9.83. The van der Waals surface area contributed by atoms with Crippen molar-refractivity contribution in [1.29, 1.82) is 0 Å². The number of likely N-dealkylation sites (tertiary alicyclic amines) is 1. The van der Waals surface area contributed by atoms with Gasteiger partial charge in [0, 0.05) is 69.8 Å². The minimum atomic E-state index is -0.326. The third-order valence-corrected chi connectivity index (χ3v) is 6.72. The number of rotatable bonds is 7. The highest BCUT2D eigenvalue weighted by molar-refractivity contribution is 5.95. The fourth-order valence-electron chi connectivity index (χ4n) is 5.26. The topological polar surface area (TPSA) is 85.6 Å². The summed E-state index contributed by atoms with van der Waals surface area (Å²) in [5.41, 5.74) is 2.65. The molecule has 2 bridgehead atoms. The van der Waals surface area contributed by atoms with Crippen molar-refractivity contribution in [2.75, 3.05) is 39.9 Å². The Morgan fingerprint density at radius 3 is 2.75 bits per heavy atom. The number of carbonyl (C=O) groups is 1. The second kappa shape index (κ2) is 9.42. The van der Waals surface area contributed by atoms with Crippen LogP contribution < -0.4 is 16.4 Å². The molecule has 1 amide bonds. The molecule has 4 rings (SSSR count). The van der Waals surface area contributed by atoms with Crippen LogP contribution >= 0.6 is 0 Å². The normalized spacial score (nSPS) is 20.1. The average Bonchev–Trinajstić information content (AvgIpc) is 2.74. The maximum Gasteiger partial charge on any atom is 0.263 e. The third-order valence-electron chi connectivity index (χ3n) is 6.72. The molecule has 32 heavy (non-hydrogen) atoms. The molecule has 2 atom stereocenters. The van der Waals surface area contributed by atoms with Crippen LogP contribution in [0.5, 0.6) is 0 Å². The summed E-state index contributed by atoms with van der Waals surface area (Å²) in [5.74, 6) is 0.469. The van der Waals surface area contributed by atoms with E-state index in [9.17, 15) is 14.4 Å². The second-order valence-corrected chi connectivity index (χ2v) is 9.01. The van der Waals surface area contributed by atoms with Crippen LogP contribution in [0.15, 0.2) is 33.9 Å². The molecule has 172 valence electrons. The Labute approximate surface area is 187 Å². The van der Waals surface area contributed by atoms with Gasteiger partial charge in [0.2, 0.25) is 0 Å². The van der Waals surface area contributed by atoms with Crippen LogP contribution in [-0.4, -0.2) is 59.8 Å². The van der Waals surface area contributed by atoms with E-state index < -0.39 is 0 Å². The first kappa shape index (κ1) is 22.5. The molecule has 0 aliphatic carbocycles. The number of ether oxygens (including phenoxy) is 1. The summed E-state index contributed by atoms with van der Waals surface area (Å²) < 4.78 is 8.61. The standard InChI is InChI=1S/C24H32N4O4/c1-16-11-17(2)27(9-10-32-3)24(31)22(16)23(30)25-7-8-26-13-18-12-19(15-26)20-5-4-6-21(29)28(20)14-18/h4-6,11,18-19H,7-10,12-15H2,1-3H3,(H,25,30)/t18-,19+/m1/s1. The Hall–Kier alpha value is -2.71. The van der Waals surface area contributed by atoms with Crippen LogP contribution in [0.1, 0.15) is 39.6 Å². The van der Waals surface area contributed by atoms with Crippen LogP contribution in [-0.2, 0) is 17.8 Å². The lowest BCUT2D eigenvalue weighted by molar-refractivity contribution is 0.0924. The zero-order valence-corrected chi connectivity index (χ0v) is 19.1. The molecule has 2 aliphatic heterocycles. The number of aryl methyl sites for hydroxylation is 2. The van der Waals surface area contributed by atoms with E-state index in [2.05, 4.69) is 16.3 Å². The lowest BCUT2D eigenvalue weighted by Crippen LogP contribution is -2.49. The second-order valence-electron chi connectivity index (χ2n) is 9.01. The van der Waals surface area contributed by atoms with Crippen molar-refractivity contribution in [3.8, 4) is 0 Å². The van der Waals surface area contributed by atoms with Crippen LogP contribution in [0.25, 0.3) is 0 Å². The summed E-state index contributed by atoms with van der Waals surface area (Å²) >= 11 is 0. The Morgan fingerprint density at radius 1 is 1.16 bits per heavy atom. The highest BCUT2D eigenvalue weighted by Crippen LogP contribution is 2.34. The van der Waals surface area contributed by atoms with E-state index in [1.807, 2.05) is 23.6 Å². The van der Waals surface area contributed by atoms with E-state index >= 15 is 0 Å². The van der Waals surface area contributed by atoms with Gasteiger partial charge in [-0.25, -0.2) is 0 Å². The summed E-state index contributed by atoms with van der Waals surface area (Å²) in [4.78, 5) is 40.3. The fraction of sp³-hybridized carbons (Fsp3) is 0.542. The molecule has 0 radical (unpaired) electrons. The molecule has 0 spiro atoms. The first-order valence-corrected chi connectivity index (χ1v) is 11.3. The van der Waals surface area contributed by atoms with Crippen molar-refractivity contribution in [3.63, 3.8) is 0 Å². The summed E-state index contributed by atoms with van der Waals surface area (Å²) in [6.45, 7) is 8.26. The van der Waals surface area contributed by atoms with Crippen LogP contribution in [0.3, 0.4) is 0 Å².